The van der Waals surface area contributed by atoms with Crippen LogP contribution in [-0.2, 0) is 0 Å². The molecule has 0 aliphatic carbocycles. The first-order valence-electron chi connectivity index (χ1n) is 6.77. The van der Waals surface area contributed by atoms with E-state index in [4.69, 9.17) is 4.98 Å². The van der Waals surface area contributed by atoms with Gasteiger partial charge in [-0.05, 0) is 50.6 Å². The number of benzene rings is 1. The molecule has 4 heteroatoms. The topological polar surface area (TPSA) is 40.7 Å². The van der Waals surface area contributed by atoms with Gasteiger partial charge in [0.2, 0.25) is 0 Å². The molecule has 3 rings (SSSR count). The summed E-state index contributed by atoms with van der Waals surface area (Å²) in [5, 5.41) is 3.40. The molecule has 1 aliphatic heterocycles. The molecule has 2 heterocycles. The standard InChI is InChI=1S/C15H18FN3/c1-10-14(11-4-6-13(16)7-5-11)19-15(18-10)12-3-2-8-17-9-12/h4-7,12,17H,2-3,8-9H2,1H3,(H,18,19). The fourth-order valence-corrected chi connectivity index (χ4v) is 2.65. The van der Waals surface area contributed by atoms with E-state index in [-0.39, 0.29) is 5.82 Å². The van der Waals surface area contributed by atoms with Crippen molar-refractivity contribution < 1.29 is 4.39 Å². The molecular formula is C15H18FN3. The van der Waals surface area contributed by atoms with Gasteiger partial charge in [-0.2, -0.15) is 0 Å². The molecule has 1 unspecified atom stereocenters. The minimum Gasteiger partial charge on any atom is -0.345 e. The summed E-state index contributed by atoms with van der Waals surface area (Å²) in [6.07, 6.45) is 2.36. The number of aryl methyl sites for hydroxylation is 1. The lowest BCUT2D eigenvalue weighted by atomic mass is 9.99. The van der Waals surface area contributed by atoms with Crippen LogP contribution in [0.5, 0.6) is 0 Å². The van der Waals surface area contributed by atoms with Crippen molar-refractivity contribution in [3.63, 3.8) is 0 Å². The van der Waals surface area contributed by atoms with Gasteiger partial charge >= 0.3 is 0 Å². The van der Waals surface area contributed by atoms with Gasteiger partial charge in [0.05, 0.1) is 5.69 Å². The molecule has 1 aromatic heterocycles. The summed E-state index contributed by atoms with van der Waals surface area (Å²) >= 11 is 0. The average Bonchev–Trinajstić information content (AvgIpc) is 2.83. The molecule has 0 spiro atoms. The van der Waals surface area contributed by atoms with Gasteiger partial charge in [0.1, 0.15) is 11.6 Å². The van der Waals surface area contributed by atoms with E-state index in [2.05, 4.69) is 10.3 Å². The quantitative estimate of drug-likeness (QED) is 0.870. The molecule has 19 heavy (non-hydrogen) atoms. The van der Waals surface area contributed by atoms with Gasteiger partial charge in [-0.25, -0.2) is 9.37 Å². The molecule has 2 aromatic rings. The van der Waals surface area contributed by atoms with Crippen molar-refractivity contribution in [3.8, 4) is 11.3 Å². The van der Waals surface area contributed by atoms with Gasteiger partial charge in [-0.3, -0.25) is 0 Å². The fourth-order valence-electron chi connectivity index (χ4n) is 2.65. The van der Waals surface area contributed by atoms with Gasteiger partial charge in [-0.15, -0.1) is 0 Å². The molecule has 3 nitrogen and oxygen atoms in total. The molecule has 1 atom stereocenters. The summed E-state index contributed by atoms with van der Waals surface area (Å²) in [7, 11) is 0. The summed E-state index contributed by atoms with van der Waals surface area (Å²) in [6.45, 7) is 4.10. The molecule has 1 aromatic carbocycles. The van der Waals surface area contributed by atoms with Crippen LogP contribution in [0.25, 0.3) is 11.3 Å². The van der Waals surface area contributed by atoms with Gasteiger partial charge in [0, 0.05) is 23.7 Å². The van der Waals surface area contributed by atoms with Crippen LogP contribution in [0.15, 0.2) is 24.3 Å². The Kier molecular flexibility index (Phi) is 3.34. The summed E-state index contributed by atoms with van der Waals surface area (Å²) in [5.41, 5.74) is 2.94. The molecular weight excluding hydrogens is 241 g/mol. The van der Waals surface area contributed by atoms with Crippen LogP contribution in [0.4, 0.5) is 4.39 Å². The van der Waals surface area contributed by atoms with Crippen molar-refractivity contribution in [1.29, 1.82) is 0 Å². The highest BCUT2D eigenvalue weighted by molar-refractivity contribution is 5.61. The summed E-state index contributed by atoms with van der Waals surface area (Å²) < 4.78 is 13.0. The Hall–Kier alpha value is -1.68. The summed E-state index contributed by atoms with van der Waals surface area (Å²) in [5.74, 6) is 1.29. The first-order chi connectivity index (χ1) is 9.24. The number of hydrogen-bond donors (Lipinski definition) is 2. The van der Waals surface area contributed by atoms with Crippen LogP contribution in [0.3, 0.4) is 0 Å². The minimum absolute atomic E-state index is 0.214. The second kappa shape index (κ2) is 5.13. The smallest absolute Gasteiger partial charge is 0.123 e. The highest BCUT2D eigenvalue weighted by Crippen LogP contribution is 2.27. The monoisotopic (exact) mass is 259 g/mol. The molecule has 100 valence electrons. The second-order valence-electron chi connectivity index (χ2n) is 5.15. The SMILES string of the molecule is Cc1[nH]c(C2CCCNC2)nc1-c1ccc(F)cc1. The van der Waals surface area contributed by atoms with E-state index in [1.54, 1.807) is 12.1 Å². The van der Waals surface area contributed by atoms with E-state index in [1.807, 2.05) is 6.92 Å². The first-order valence-corrected chi connectivity index (χ1v) is 6.77. The third-order valence-electron chi connectivity index (χ3n) is 3.70. The van der Waals surface area contributed by atoms with Crippen molar-refractivity contribution in [3.05, 3.63) is 41.6 Å². The summed E-state index contributed by atoms with van der Waals surface area (Å²) in [6, 6.07) is 6.51. The molecule has 0 bridgehead atoms. The zero-order valence-corrected chi connectivity index (χ0v) is 11.0. The van der Waals surface area contributed by atoms with Crippen molar-refractivity contribution in [2.75, 3.05) is 13.1 Å². The largest absolute Gasteiger partial charge is 0.345 e. The van der Waals surface area contributed by atoms with Gasteiger partial charge < -0.3 is 10.3 Å². The highest BCUT2D eigenvalue weighted by Gasteiger charge is 2.20. The maximum absolute atomic E-state index is 13.0. The van der Waals surface area contributed by atoms with Gasteiger partial charge in [0.15, 0.2) is 0 Å². The van der Waals surface area contributed by atoms with E-state index < -0.39 is 0 Å². The lowest BCUT2D eigenvalue weighted by molar-refractivity contribution is 0.448. The number of rotatable bonds is 2. The molecule has 1 saturated heterocycles. The predicted molar refractivity (Wildman–Crippen MR) is 73.6 cm³/mol. The van der Waals surface area contributed by atoms with E-state index in [0.29, 0.717) is 5.92 Å². The highest BCUT2D eigenvalue weighted by atomic mass is 19.1. The number of piperidine rings is 1. The Morgan fingerprint density at radius 3 is 2.74 bits per heavy atom. The number of hydrogen-bond acceptors (Lipinski definition) is 2. The molecule has 0 amide bonds. The number of aromatic nitrogens is 2. The number of halogens is 1. The molecule has 1 aliphatic rings. The Bertz CT molecular complexity index is 553. The van der Waals surface area contributed by atoms with Crippen LogP contribution in [0.2, 0.25) is 0 Å². The van der Waals surface area contributed by atoms with Crippen molar-refractivity contribution in [1.82, 2.24) is 15.3 Å². The van der Waals surface area contributed by atoms with Crippen molar-refractivity contribution in [2.24, 2.45) is 0 Å². The van der Waals surface area contributed by atoms with Crippen LogP contribution in [0, 0.1) is 12.7 Å². The lowest BCUT2D eigenvalue weighted by Crippen LogP contribution is -2.28. The van der Waals surface area contributed by atoms with E-state index in [1.165, 1.54) is 25.0 Å². The lowest BCUT2D eigenvalue weighted by Gasteiger charge is -2.20. The Morgan fingerprint density at radius 1 is 1.26 bits per heavy atom. The minimum atomic E-state index is -0.214. The van der Waals surface area contributed by atoms with E-state index >= 15 is 0 Å². The van der Waals surface area contributed by atoms with Crippen LogP contribution in [0.1, 0.15) is 30.3 Å². The molecule has 0 radical (unpaired) electrons. The van der Waals surface area contributed by atoms with E-state index in [0.717, 1.165) is 35.9 Å². The van der Waals surface area contributed by atoms with Crippen LogP contribution < -0.4 is 5.32 Å². The van der Waals surface area contributed by atoms with Crippen LogP contribution in [-0.4, -0.2) is 23.1 Å². The molecule has 0 saturated carbocycles. The number of imidazole rings is 1. The third-order valence-corrected chi connectivity index (χ3v) is 3.70. The normalized spacial score (nSPS) is 19.6. The van der Waals surface area contributed by atoms with Gasteiger partial charge in [0.25, 0.3) is 0 Å². The Balaban J connectivity index is 1.90. The number of nitrogens with one attached hydrogen (secondary N) is 2. The average molecular weight is 259 g/mol. The van der Waals surface area contributed by atoms with Gasteiger partial charge in [-0.1, -0.05) is 0 Å². The third kappa shape index (κ3) is 2.54. The van der Waals surface area contributed by atoms with Crippen molar-refractivity contribution in [2.45, 2.75) is 25.7 Å². The predicted octanol–water partition coefficient (Wildman–Crippen LogP) is 2.99. The Morgan fingerprint density at radius 2 is 2.05 bits per heavy atom. The fraction of sp³-hybridized carbons (Fsp3) is 0.400. The molecule has 2 N–H and O–H groups in total. The maximum Gasteiger partial charge on any atom is 0.123 e. The second-order valence-corrected chi connectivity index (χ2v) is 5.15. The zero-order valence-electron chi connectivity index (χ0n) is 11.0. The maximum atomic E-state index is 13.0. The number of nitrogens with zero attached hydrogens (tertiary/aromatic N) is 1. The zero-order chi connectivity index (χ0) is 13.2. The Labute approximate surface area is 112 Å². The van der Waals surface area contributed by atoms with Crippen molar-refractivity contribution >= 4 is 0 Å². The van der Waals surface area contributed by atoms with E-state index in [9.17, 15) is 4.39 Å². The number of H-pyrrole nitrogens is 1. The first kappa shape index (κ1) is 12.4. The summed E-state index contributed by atoms with van der Waals surface area (Å²) in [4.78, 5) is 8.10. The van der Waals surface area contributed by atoms with Crippen LogP contribution >= 0.6 is 0 Å². The molecule has 1 fully saturated rings. The number of aromatic amines is 1.